The maximum Gasteiger partial charge on any atom is 0.247 e. The second-order valence-electron chi connectivity index (χ2n) is 8.90. The van der Waals surface area contributed by atoms with E-state index in [2.05, 4.69) is 20.7 Å². The molecule has 0 bridgehead atoms. The number of rotatable bonds is 7. The molecular weight excluding hydrogens is 384 g/mol. The number of carbonyl (C=O) groups excluding carboxylic acids is 2. The fourth-order valence-electron chi connectivity index (χ4n) is 4.03. The summed E-state index contributed by atoms with van der Waals surface area (Å²) in [6.45, 7) is 9.46. The molecular formula is C21H32N6O3. The van der Waals surface area contributed by atoms with Crippen molar-refractivity contribution in [3.8, 4) is 11.6 Å². The van der Waals surface area contributed by atoms with Crippen LogP contribution in [0.4, 0.5) is 0 Å². The summed E-state index contributed by atoms with van der Waals surface area (Å²) in [4.78, 5) is 29.1. The molecule has 3 rings (SSSR count). The van der Waals surface area contributed by atoms with Crippen molar-refractivity contribution < 1.29 is 14.0 Å². The highest BCUT2D eigenvalue weighted by Crippen LogP contribution is 2.23. The predicted octanol–water partition coefficient (Wildman–Crippen LogP) is 2.71. The van der Waals surface area contributed by atoms with Gasteiger partial charge < -0.3 is 14.6 Å². The van der Waals surface area contributed by atoms with E-state index in [0.717, 1.165) is 31.4 Å². The van der Waals surface area contributed by atoms with Gasteiger partial charge in [0.1, 0.15) is 18.3 Å². The Morgan fingerprint density at radius 1 is 1.30 bits per heavy atom. The SMILES string of the molecule is CC[C@H](C(=O)NC1CCCC1)N(C(=O)Cn1nnc(-c2ccc(C)o2)n1)C(C)(C)C. The van der Waals surface area contributed by atoms with Crippen LogP contribution in [0.5, 0.6) is 0 Å². The summed E-state index contributed by atoms with van der Waals surface area (Å²) >= 11 is 0. The quantitative estimate of drug-likeness (QED) is 0.744. The lowest BCUT2D eigenvalue weighted by Gasteiger charge is -2.41. The molecule has 1 N–H and O–H groups in total. The zero-order chi connectivity index (χ0) is 21.9. The van der Waals surface area contributed by atoms with Gasteiger partial charge in [-0.2, -0.15) is 4.80 Å². The Morgan fingerprint density at radius 3 is 2.57 bits per heavy atom. The molecule has 2 heterocycles. The van der Waals surface area contributed by atoms with E-state index in [1.165, 1.54) is 4.80 Å². The van der Waals surface area contributed by atoms with Gasteiger partial charge in [0.15, 0.2) is 5.76 Å². The summed E-state index contributed by atoms with van der Waals surface area (Å²) in [6, 6.07) is 3.24. The Bertz CT molecular complexity index is 875. The van der Waals surface area contributed by atoms with E-state index in [1.54, 1.807) is 11.0 Å². The summed E-state index contributed by atoms with van der Waals surface area (Å²) in [6.07, 6.45) is 4.81. The topological polar surface area (TPSA) is 106 Å². The summed E-state index contributed by atoms with van der Waals surface area (Å²) in [5.41, 5.74) is -0.535. The van der Waals surface area contributed by atoms with E-state index in [9.17, 15) is 9.59 Å². The monoisotopic (exact) mass is 416 g/mol. The van der Waals surface area contributed by atoms with Crippen molar-refractivity contribution in [2.45, 2.75) is 90.9 Å². The van der Waals surface area contributed by atoms with E-state index in [-0.39, 0.29) is 24.4 Å². The van der Waals surface area contributed by atoms with E-state index in [4.69, 9.17) is 4.42 Å². The Hall–Kier alpha value is -2.71. The van der Waals surface area contributed by atoms with Gasteiger partial charge in [-0.25, -0.2) is 0 Å². The molecule has 0 unspecified atom stereocenters. The number of aryl methyl sites for hydroxylation is 1. The zero-order valence-electron chi connectivity index (χ0n) is 18.5. The number of aromatic nitrogens is 4. The molecule has 30 heavy (non-hydrogen) atoms. The Labute approximate surface area is 177 Å². The van der Waals surface area contributed by atoms with Crippen molar-refractivity contribution in [2.75, 3.05) is 0 Å². The summed E-state index contributed by atoms with van der Waals surface area (Å²) in [5.74, 6) is 1.25. The number of furan rings is 1. The van der Waals surface area contributed by atoms with Gasteiger partial charge in [0.2, 0.25) is 17.6 Å². The van der Waals surface area contributed by atoms with Crippen molar-refractivity contribution >= 4 is 11.8 Å². The summed E-state index contributed by atoms with van der Waals surface area (Å²) < 4.78 is 5.51. The minimum Gasteiger partial charge on any atom is -0.458 e. The fraction of sp³-hybridized carbons (Fsp3) is 0.667. The number of hydrogen-bond acceptors (Lipinski definition) is 6. The molecule has 164 valence electrons. The maximum atomic E-state index is 13.2. The van der Waals surface area contributed by atoms with Crippen LogP contribution in [-0.4, -0.2) is 54.5 Å². The predicted molar refractivity (Wildman–Crippen MR) is 111 cm³/mol. The molecule has 1 aliphatic carbocycles. The molecule has 1 aliphatic rings. The first-order valence-electron chi connectivity index (χ1n) is 10.7. The van der Waals surface area contributed by atoms with Crippen LogP contribution in [0.1, 0.15) is 65.6 Å². The second-order valence-corrected chi connectivity index (χ2v) is 8.90. The van der Waals surface area contributed by atoms with Crippen LogP contribution >= 0.6 is 0 Å². The molecule has 9 heteroatoms. The molecule has 9 nitrogen and oxygen atoms in total. The maximum absolute atomic E-state index is 13.2. The Morgan fingerprint density at radius 2 is 2.00 bits per heavy atom. The first-order chi connectivity index (χ1) is 14.2. The molecule has 0 aliphatic heterocycles. The third-order valence-corrected chi connectivity index (χ3v) is 5.38. The molecule has 0 aromatic carbocycles. The highest BCUT2D eigenvalue weighted by atomic mass is 16.3. The Balaban J connectivity index is 1.74. The van der Waals surface area contributed by atoms with Gasteiger partial charge in [-0.15, -0.1) is 10.2 Å². The highest BCUT2D eigenvalue weighted by Gasteiger charge is 2.37. The zero-order valence-corrected chi connectivity index (χ0v) is 18.5. The van der Waals surface area contributed by atoms with Gasteiger partial charge in [0.05, 0.1) is 0 Å². The number of hydrogen-bond donors (Lipinski definition) is 1. The minimum absolute atomic E-state index is 0.0917. The standard InChI is InChI=1S/C21H32N6O3/c1-6-16(20(29)22-15-9-7-8-10-15)27(21(3,4)5)18(28)13-26-24-19(23-25-26)17-12-11-14(2)30-17/h11-12,15-16H,6-10,13H2,1-5H3,(H,22,29)/t16-/m1/s1. The van der Waals surface area contributed by atoms with Crippen molar-refractivity contribution in [3.05, 3.63) is 17.9 Å². The average Bonchev–Trinajstić information content (AvgIpc) is 3.40. The molecule has 0 saturated heterocycles. The van der Waals surface area contributed by atoms with Crippen LogP contribution in [0.3, 0.4) is 0 Å². The summed E-state index contributed by atoms with van der Waals surface area (Å²) in [7, 11) is 0. The van der Waals surface area contributed by atoms with Gasteiger partial charge in [-0.3, -0.25) is 9.59 Å². The molecule has 1 saturated carbocycles. The Kier molecular flexibility index (Phi) is 6.58. The van der Waals surface area contributed by atoms with Crippen LogP contribution < -0.4 is 5.32 Å². The van der Waals surface area contributed by atoms with Gasteiger partial charge >= 0.3 is 0 Å². The van der Waals surface area contributed by atoms with E-state index >= 15 is 0 Å². The molecule has 2 aromatic rings. The fourth-order valence-corrected chi connectivity index (χ4v) is 4.03. The van der Waals surface area contributed by atoms with Crippen LogP contribution in [0.2, 0.25) is 0 Å². The van der Waals surface area contributed by atoms with Crippen molar-refractivity contribution in [3.63, 3.8) is 0 Å². The largest absolute Gasteiger partial charge is 0.458 e. The molecule has 0 spiro atoms. The molecule has 1 atom stereocenters. The van der Waals surface area contributed by atoms with Crippen LogP contribution in [-0.2, 0) is 16.1 Å². The molecule has 1 fully saturated rings. The van der Waals surface area contributed by atoms with Crippen LogP contribution in [0, 0.1) is 6.92 Å². The number of carbonyl (C=O) groups is 2. The number of amides is 2. The van der Waals surface area contributed by atoms with Gasteiger partial charge in [0.25, 0.3) is 0 Å². The minimum atomic E-state index is -0.547. The highest BCUT2D eigenvalue weighted by molar-refractivity contribution is 5.88. The van der Waals surface area contributed by atoms with E-state index in [0.29, 0.717) is 18.0 Å². The molecule has 0 radical (unpaired) electrons. The molecule has 2 aromatic heterocycles. The van der Waals surface area contributed by atoms with Crippen molar-refractivity contribution in [2.24, 2.45) is 0 Å². The van der Waals surface area contributed by atoms with Crippen molar-refractivity contribution in [1.29, 1.82) is 0 Å². The van der Waals surface area contributed by atoms with Crippen molar-refractivity contribution in [1.82, 2.24) is 30.4 Å². The van der Waals surface area contributed by atoms with Crippen LogP contribution in [0.15, 0.2) is 16.5 Å². The number of nitrogens with zero attached hydrogens (tertiary/aromatic N) is 5. The third kappa shape index (κ3) is 5.06. The molecule has 2 amide bonds. The van der Waals surface area contributed by atoms with Gasteiger partial charge in [-0.05, 0) is 64.3 Å². The second kappa shape index (κ2) is 8.97. The normalized spacial score (nSPS) is 15.9. The van der Waals surface area contributed by atoms with Gasteiger partial charge in [0, 0.05) is 11.6 Å². The number of tetrazole rings is 1. The first-order valence-corrected chi connectivity index (χ1v) is 10.7. The lowest BCUT2D eigenvalue weighted by Crippen LogP contribution is -2.58. The third-order valence-electron chi connectivity index (χ3n) is 5.38. The number of nitrogens with one attached hydrogen (secondary N) is 1. The average molecular weight is 417 g/mol. The first kappa shape index (κ1) is 22.0. The smallest absolute Gasteiger partial charge is 0.247 e. The van der Waals surface area contributed by atoms with E-state index in [1.807, 2.05) is 40.7 Å². The lowest BCUT2D eigenvalue weighted by molar-refractivity contribution is -0.147. The van der Waals surface area contributed by atoms with Crippen LogP contribution in [0.25, 0.3) is 11.6 Å². The lowest BCUT2D eigenvalue weighted by atomic mass is 10.00. The van der Waals surface area contributed by atoms with Gasteiger partial charge in [-0.1, -0.05) is 19.8 Å². The van der Waals surface area contributed by atoms with E-state index < -0.39 is 11.6 Å². The summed E-state index contributed by atoms with van der Waals surface area (Å²) in [5, 5.41) is 15.4.